The molecule has 0 spiro atoms. The second-order valence-corrected chi connectivity index (χ2v) is 2.37. The van der Waals surface area contributed by atoms with Gasteiger partial charge in [0.1, 0.15) is 0 Å². The molecule has 1 aromatic heterocycles. The number of oxime groups is 1. The predicted octanol–water partition coefficient (Wildman–Crippen LogP) is 1.47. The molecule has 3 nitrogen and oxygen atoms in total. The fraction of sp³-hybridized carbons (Fsp3) is 0.250. The third-order valence-electron chi connectivity index (χ3n) is 1.38. The first-order valence-electron chi connectivity index (χ1n) is 3.39. The summed E-state index contributed by atoms with van der Waals surface area (Å²) in [6.07, 6.45) is 4.12. The molecule has 0 fully saturated rings. The van der Waals surface area contributed by atoms with Crippen molar-refractivity contribution in [3.8, 4) is 0 Å². The fourth-order valence-electron chi connectivity index (χ4n) is 0.831. The first-order valence-corrected chi connectivity index (χ1v) is 3.39. The second-order valence-electron chi connectivity index (χ2n) is 2.37. The van der Waals surface area contributed by atoms with Crippen molar-refractivity contribution in [1.82, 2.24) is 4.98 Å². The molecule has 1 heterocycles. The van der Waals surface area contributed by atoms with Crippen molar-refractivity contribution in [2.24, 2.45) is 5.16 Å². The maximum absolute atomic E-state index is 8.37. The zero-order valence-electron chi connectivity index (χ0n) is 6.36. The van der Waals surface area contributed by atoms with E-state index in [-0.39, 0.29) is 0 Å². The highest BCUT2D eigenvalue weighted by Gasteiger charge is 1.93. The number of pyridine rings is 1. The Labute approximate surface area is 65.4 Å². The summed E-state index contributed by atoms with van der Waals surface area (Å²) in [4.78, 5) is 3.88. The molecule has 58 valence electrons. The van der Waals surface area contributed by atoms with Crippen molar-refractivity contribution >= 4 is 5.71 Å². The van der Waals surface area contributed by atoms with Crippen molar-refractivity contribution in [2.75, 3.05) is 0 Å². The van der Waals surface area contributed by atoms with Crippen LogP contribution in [0.4, 0.5) is 0 Å². The van der Waals surface area contributed by atoms with E-state index in [1.807, 2.05) is 12.1 Å². The molecule has 0 unspecified atom stereocenters. The molecule has 0 atom stereocenters. The number of rotatable bonds is 2. The molecule has 0 amide bonds. The summed E-state index contributed by atoms with van der Waals surface area (Å²) in [5.41, 5.74) is 1.81. The van der Waals surface area contributed by atoms with Gasteiger partial charge in [-0.15, -0.1) is 0 Å². The van der Waals surface area contributed by atoms with E-state index in [0.29, 0.717) is 12.1 Å². The van der Waals surface area contributed by atoms with Crippen LogP contribution in [-0.2, 0) is 6.42 Å². The van der Waals surface area contributed by atoms with Crippen LogP contribution in [0, 0.1) is 0 Å². The lowest BCUT2D eigenvalue weighted by molar-refractivity contribution is 0.317. The van der Waals surface area contributed by atoms with Crippen LogP contribution in [0.1, 0.15) is 12.5 Å². The van der Waals surface area contributed by atoms with Crippen LogP contribution in [0.3, 0.4) is 0 Å². The molecule has 1 rings (SSSR count). The van der Waals surface area contributed by atoms with Gasteiger partial charge in [-0.3, -0.25) is 4.98 Å². The van der Waals surface area contributed by atoms with Gasteiger partial charge >= 0.3 is 0 Å². The lowest BCUT2D eigenvalue weighted by Crippen LogP contribution is -1.96. The van der Waals surface area contributed by atoms with E-state index in [0.717, 1.165) is 5.56 Å². The third kappa shape index (κ3) is 2.37. The Bertz CT molecular complexity index is 244. The van der Waals surface area contributed by atoms with Crippen LogP contribution in [0.5, 0.6) is 0 Å². The molecule has 3 heteroatoms. The summed E-state index contributed by atoms with van der Waals surface area (Å²) in [5.74, 6) is 0. The molecule has 11 heavy (non-hydrogen) atoms. The zero-order chi connectivity index (χ0) is 8.10. The number of aromatic nitrogens is 1. The number of hydrogen-bond acceptors (Lipinski definition) is 3. The van der Waals surface area contributed by atoms with Crippen LogP contribution in [0.15, 0.2) is 29.7 Å². The molecule has 0 saturated carbocycles. The molecule has 0 bridgehead atoms. The molecule has 0 aromatic carbocycles. The second kappa shape index (κ2) is 3.71. The van der Waals surface area contributed by atoms with Crippen LogP contribution < -0.4 is 0 Å². The Kier molecular flexibility index (Phi) is 2.60. The van der Waals surface area contributed by atoms with Gasteiger partial charge in [-0.05, 0) is 24.6 Å². The highest BCUT2D eigenvalue weighted by Crippen LogP contribution is 1.98. The molecule has 0 aliphatic rings. The monoisotopic (exact) mass is 150 g/mol. The minimum Gasteiger partial charge on any atom is -0.411 e. The van der Waals surface area contributed by atoms with Gasteiger partial charge in [-0.1, -0.05) is 5.16 Å². The van der Waals surface area contributed by atoms with E-state index >= 15 is 0 Å². The highest BCUT2D eigenvalue weighted by molar-refractivity contribution is 5.83. The highest BCUT2D eigenvalue weighted by atomic mass is 16.4. The first-order chi connectivity index (χ1) is 5.33. The molecule has 0 radical (unpaired) electrons. The van der Waals surface area contributed by atoms with Crippen molar-refractivity contribution in [2.45, 2.75) is 13.3 Å². The number of nitrogens with zero attached hydrogens (tertiary/aromatic N) is 2. The molecule has 1 aromatic rings. The van der Waals surface area contributed by atoms with E-state index in [2.05, 4.69) is 10.1 Å². The minimum absolute atomic E-state index is 0.680. The molecule has 1 N–H and O–H groups in total. The van der Waals surface area contributed by atoms with Crippen LogP contribution in [0.2, 0.25) is 0 Å². The first kappa shape index (κ1) is 7.72. The van der Waals surface area contributed by atoms with Gasteiger partial charge in [0, 0.05) is 18.8 Å². The summed E-state index contributed by atoms with van der Waals surface area (Å²) >= 11 is 0. The van der Waals surface area contributed by atoms with E-state index in [1.165, 1.54) is 0 Å². The Hall–Kier alpha value is -1.38. The average molecular weight is 150 g/mol. The van der Waals surface area contributed by atoms with Gasteiger partial charge in [0.2, 0.25) is 0 Å². The van der Waals surface area contributed by atoms with Crippen molar-refractivity contribution in [3.63, 3.8) is 0 Å². The average Bonchev–Trinajstić information content (AvgIpc) is 2.06. The topological polar surface area (TPSA) is 45.5 Å². The SMILES string of the molecule is C/C(Cc1ccncc1)=N/O. The van der Waals surface area contributed by atoms with E-state index in [9.17, 15) is 0 Å². The molecular formula is C8H10N2O. The summed E-state index contributed by atoms with van der Waals surface area (Å²) in [7, 11) is 0. The molecular weight excluding hydrogens is 140 g/mol. The summed E-state index contributed by atoms with van der Waals surface area (Å²) in [5, 5.41) is 11.4. The Morgan fingerprint density at radius 2 is 2.18 bits per heavy atom. The van der Waals surface area contributed by atoms with Gasteiger partial charge in [-0.2, -0.15) is 0 Å². The van der Waals surface area contributed by atoms with Gasteiger partial charge in [0.25, 0.3) is 0 Å². The Balaban J connectivity index is 2.65. The van der Waals surface area contributed by atoms with Crippen molar-refractivity contribution in [1.29, 1.82) is 0 Å². The van der Waals surface area contributed by atoms with Gasteiger partial charge in [0.15, 0.2) is 0 Å². The van der Waals surface area contributed by atoms with Crippen LogP contribution in [0.25, 0.3) is 0 Å². The normalized spacial score (nSPS) is 11.5. The molecule has 0 aliphatic carbocycles. The largest absolute Gasteiger partial charge is 0.411 e. The summed E-state index contributed by atoms with van der Waals surface area (Å²) in [6.45, 7) is 1.78. The van der Waals surface area contributed by atoms with Crippen LogP contribution >= 0.6 is 0 Å². The maximum atomic E-state index is 8.37. The third-order valence-corrected chi connectivity index (χ3v) is 1.38. The van der Waals surface area contributed by atoms with Crippen molar-refractivity contribution < 1.29 is 5.21 Å². The Morgan fingerprint density at radius 1 is 1.55 bits per heavy atom. The van der Waals surface area contributed by atoms with Gasteiger partial charge < -0.3 is 5.21 Å². The van der Waals surface area contributed by atoms with Gasteiger partial charge in [-0.25, -0.2) is 0 Å². The predicted molar refractivity (Wildman–Crippen MR) is 42.8 cm³/mol. The van der Waals surface area contributed by atoms with E-state index in [1.54, 1.807) is 19.3 Å². The van der Waals surface area contributed by atoms with E-state index in [4.69, 9.17) is 5.21 Å². The standard InChI is InChI=1S/C8H10N2O/c1-7(10-11)6-8-2-4-9-5-3-8/h2-5,11H,6H2,1H3/b10-7-. The van der Waals surface area contributed by atoms with Gasteiger partial charge in [0.05, 0.1) is 5.71 Å². The molecule has 0 saturated heterocycles. The minimum atomic E-state index is 0.680. The smallest absolute Gasteiger partial charge is 0.0583 e. The summed E-state index contributed by atoms with van der Waals surface area (Å²) < 4.78 is 0. The number of hydrogen-bond donors (Lipinski definition) is 1. The van der Waals surface area contributed by atoms with Crippen LogP contribution in [-0.4, -0.2) is 15.9 Å². The fourth-order valence-corrected chi connectivity index (χ4v) is 0.831. The quantitative estimate of drug-likeness (QED) is 0.394. The maximum Gasteiger partial charge on any atom is 0.0583 e. The van der Waals surface area contributed by atoms with E-state index < -0.39 is 0 Å². The Morgan fingerprint density at radius 3 is 2.73 bits per heavy atom. The lowest BCUT2D eigenvalue weighted by atomic mass is 10.1. The molecule has 0 aliphatic heterocycles. The summed E-state index contributed by atoms with van der Waals surface area (Å²) in [6, 6.07) is 3.80. The van der Waals surface area contributed by atoms with Crippen molar-refractivity contribution in [3.05, 3.63) is 30.1 Å². The lowest BCUT2D eigenvalue weighted by Gasteiger charge is -1.96. The zero-order valence-corrected chi connectivity index (χ0v) is 6.36.